The van der Waals surface area contributed by atoms with Crippen molar-refractivity contribution >= 4 is 17.6 Å². The molecule has 5 rings (SSSR count). The number of piperazine rings is 1. The van der Waals surface area contributed by atoms with Crippen molar-refractivity contribution < 1.29 is 17.6 Å². The molecule has 2 aromatic heterocycles. The molecule has 1 aliphatic carbocycles. The molecule has 2 unspecified atom stereocenters. The molecule has 0 bridgehead atoms. The molecule has 208 valence electrons. The van der Waals surface area contributed by atoms with Crippen LogP contribution >= 0.6 is 0 Å². The Balaban J connectivity index is 1.44. The van der Waals surface area contributed by atoms with E-state index in [1.165, 1.54) is 24.8 Å². The maximum absolute atomic E-state index is 14.3. The van der Waals surface area contributed by atoms with Gasteiger partial charge in [0.05, 0.1) is 11.3 Å². The molecule has 4 heterocycles. The van der Waals surface area contributed by atoms with E-state index in [2.05, 4.69) is 21.7 Å². The Morgan fingerprint density at radius 3 is 2.46 bits per heavy atom. The van der Waals surface area contributed by atoms with Crippen LogP contribution in [0.1, 0.15) is 56.7 Å². The predicted octanol–water partition coefficient (Wildman–Crippen LogP) is 6.44. The Morgan fingerprint density at radius 2 is 1.72 bits per heavy atom. The van der Waals surface area contributed by atoms with Gasteiger partial charge in [-0.2, -0.15) is 18.2 Å². The molecule has 0 saturated carbocycles. The molecule has 0 radical (unpaired) electrons. The zero-order valence-electron chi connectivity index (χ0n) is 22.3. The van der Waals surface area contributed by atoms with E-state index < -0.39 is 11.7 Å². The number of halogens is 4. The third kappa shape index (κ3) is 5.94. The van der Waals surface area contributed by atoms with Crippen molar-refractivity contribution in [2.24, 2.45) is 0 Å². The molecular formula is C29H34F4N6. The van der Waals surface area contributed by atoms with Crippen LogP contribution in [0.15, 0.2) is 60.1 Å². The molecule has 39 heavy (non-hydrogen) atoms. The zero-order valence-corrected chi connectivity index (χ0v) is 22.3. The molecule has 10 heteroatoms. The number of hydrogen-bond acceptors (Lipinski definition) is 6. The van der Waals surface area contributed by atoms with Crippen LogP contribution in [0.3, 0.4) is 0 Å². The van der Waals surface area contributed by atoms with Crippen molar-refractivity contribution in [1.29, 1.82) is 0 Å². The second-order valence-corrected chi connectivity index (χ2v) is 10.3. The van der Waals surface area contributed by atoms with Gasteiger partial charge in [0, 0.05) is 56.9 Å². The number of allylic oxidation sites excluding steroid dienone is 6. The first kappa shape index (κ1) is 27.1. The lowest BCUT2D eigenvalue weighted by molar-refractivity contribution is -0.137. The fourth-order valence-corrected chi connectivity index (χ4v) is 5.52. The van der Waals surface area contributed by atoms with E-state index in [0.717, 1.165) is 43.4 Å². The Labute approximate surface area is 226 Å². The molecule has 6 nitrogen and oxygen atoms in total. The molecule has 3 aliphatic rings. The van der Waals surface area contributed by atoms with Crippen molar-refractivity contribution in [2.75, 3.05) is 47.4 Å². The summed E-state index contributed by atoms with van der Waals surface area (Å²) in [5.74, 6) is 0.878. The molecule has 0 aromatic carbocycles. The smallest absolute Gasteiger partial charge is 0.353 e. The van der Waals surface area contributed by atoms with Crippen molar-refractivity contribution in [3.63, 3.8) is 0 Å². The van der Waals surface area contributed by atoms with E-state index in [4.69, 9.17) is 9.97 Å². The standard InChI is InChI=1S/C29H34F4N6/c1-3-22-7-4-5-14-39(22)28-35-25(21-10-9-20(2)24(30)12-11-21)19-26(36-28)37-15-17-38(18-16-37)27-23(29(31,32)33)8-6-13-34-27/h6,8-13,19,21-22H,3-5,7,14-18H2,1-2H3. The molecule has 0 amide bonds. The minimum atomic E-state index is -4.46. The lowest BCUT2D eigenvalue weighted by Gasteiger charge is -2.38. The first-order valence-electron chi connectivity index (χ1n) is 13.6. The molecule has 0 spiro atoms. The summed E-state index contributed by atoms with van der Waals surface area (Å²) in [6.07, 6.45) is 8.28. The second kappa shape index (κ2) is 11.4. The number of rotatable bonds is 5. The largest absolute Gasteiger partial charge is 0.419 e. The fraction of sp³-hybridized carbons (Fsp3) is 0.483. The minimum Gasteiger partial charge on any atom is -0.353 e. The molecule has 2 atom stereocenters. The third-order valence-corrected chi connectivity index (χ3v) is 7.79. The van der Waals surface area contributed by atoms with Gasteiger partial charge in [0.1, 0.15) is 17.5 Å². The lowest BCUT2D eigenvalue weighted by atomic mass is 10.0. The van der Waals surface area contributed by atoms with Crippen LogP contribution in [0.25, 0.3) is 0 Å². The molecule has 2 fully saturated rings. The minimum absolute atomic E-state index is 0.0357. The summed E-state index contributed by atoms with van der Waals surface area (Å²) < 4.78 is 55.0. The van der Waals surface area contributed by atoms with Gasteiger partial charge >= 0.3 is 6.18 Å². The van der Waals surface area contributed by atoms with Crippen LogP contribution in [-0.4, -0.2) is 53.7 Å². The highest BCUT2D eigenvalue weighted by atomic mass is 19.4. The number of anilines is 3. The van der Waals surface area contributed by atoms with Crippen LogP contribution in [0.5, 0.6) is 0 Å². The maximum atomic E-state index is 14.3. The molecule has 2 aliphatic heterocycles. The molecule has 0 N–H and O–H groups in total. The van der Waals surface area contributed by atoms with E-state index in [1.54, 1.807) is 17.9 Å². The van der Waals surface area contributed by atoms with E-state index in [-0.39, 0.29) is 17.6 Å². The van der Waals surface area contributed by atoms with Gasteiger partial charge in [-0.25, -0.2) is 14.4 Å². The number of alkyl halides is 3. The van der Waals surface area contributed by atoms with Gasteiger partial charge in [-0.1, -0.05) is 25.2 Å². The number of piperidine rings is 1. The van der Waals surface area contributed by atoms with Gasteiger partial charge in [-0.3, -0.25) is 0 Å². The number of pyridine rings is 1. The first-order valence-corrected chi connectivity index (χ1v) is 13.6. The maximum Gasteiger partial charge on any atom is 0.419 e. The summed E-state index contributed by atoms with van der Waals surface area (Å²) in [6.45, 7) is 6.54. The summed E-state index contributed by atoms with van der Waals surface area (Å²) >= 11 is 0. The van der Waals surface area contributed by atoms with Crippen LogP contribution in [0.2, 0.25) is 0 Å². The topological polar surface area (TPSA) is 48.4 Å². The van der Waals surface area contributed by atoms with Crippen LogP contribution in [0.4, 0.5) is 35.1 Å². The van der Waals surface area contributed by atoms with Crippen molar-refractivity contribution in [2.45, 2.75) is 57.7 Å². The second-order valence-electron chi connectivity index (χ2n) is 10.3. The number of hydrogen-bond donors (Lipinski definition) is 0. The van der Waals surface area contributed by atoms with Crippen LogP contribution in [0, 0.1) is 0 Å². The zero-order chi connectivity index (χ0) is 27.6. The Morgan fingerprint density at radius 1 is 0.974 bits per heavy atom. The highest BCUT2D eigenvalue weighted by molar-refractivity contribution is 5.53. The quantitative estimate of drug-likeness (QED) is 0.406. The Hall–Kier alpha value is -3.43. The average molecular weight is 543 g/mol. The normalized spacial score (nSPS) is 22.5. The monoisotopic (exact) mass is 542 g/mol. The van der Waals surface area contributed by atoms with Gasteiger partial charge in [-0.15, -0.1) is 0 Å². The third-order valence-electron chi connectivity index (χ3n) is 7.79. The highest BCUT2D eigenvalue weighted by Crippen LogP contribution is 2.36. The summed E-state index contributed by atoms with van der Waals surface area (Å²) in [5.41, 5.74) is 0.620. The Kier molecular flexibility index (Phi) is 7.91. The van der Waals surface area contributed by atoms with E-state index in [1.807, 2.05) is 18.2 Å². The van der Waals surface area contributed by atoms with Gasteiger partial charge in [0.15, 0.2) is 0 Å². The van der Waals surface area contributed by atoms with Crippen LogP contribution in [-0.2, 0) is 6.18 Å². The van der Waals surface area contributed by atoms with E-state index in [9.17, 15) is 17.6 Å². The predicted molar refractivity (Wildman–Crippen MR) is 146 cm³/mol. The lowest BCUT2D eigenvalue weighted by Crippen LogP contribution is -2.48. The highest BCUT2D eigenvalue weighted by Gasteiger charge is 2.36. The summed E-state index contributed by atoms with van der Waals surface area (Å²) in [6, 6.07) is 4.68. The van der Waals surface area contributed by atoms with Crippen LogP contribution < -0.4 is 14.7 Å². The van der Waals surface area contributed by atoms with Crippen molar-refractivity contribution in [1.82, 2.24) is 15.0 Å². The van der Waals surface area contributed by atoms with Gasteiger partial charge in [-0.05, 0) is 56.4 Å². The molecule has 2 aromatic rings. The summed E-state index contributed by atoms with van der Waals surface area (Å²) in [5, 5.41) is 0. The van der Waals surface area contributed by atoms with E-state index >= 15 is 0 Å². The SMILES string of the molecule is CCC1CCCCN1c1nc(C2C=CC(C)=C(F)C=C2)cc(N2CCN(c3ncccc3C(F)(F)F)CC2)n1. The first-order chi connectivity index (χ1) is 18.7. The summed E-state index contributed by atoms with van der Waals surface area (Å²) in [7, 11) is 0. The number of nitrogens with zero attached hydrogens (tertiary/aromatic N) is 6. The van der Waals surface area contributed by atoms with Gasteiger partial charge < -0.3 is 14.7 Å². The van der Waals surface area contributed by atoms with E-state index in [0.29, 0.717) is 43.7 Å². The summed E-state index contributed by atoms with van der Waals surface area (Å²) in [4.78, 5) is 20.1. The van der Waals surface area contributed by atoms with Crippen molar-refractivity contribution in [3.8, 4) is 0 Å². The van der Waals surface area contributed by atoms with Crippen molar-refractivity contribution in [3.05, 3.63) is 71.4 Å². The average Bonchev–Trinajstić information content (AvgIpc) is 3.12. The Bertz CT molecular complexity index is 1240. The molecule has 2 saturated heterocycles. The van der Waals surface area contributed by atoms with Gasteiger partial charge in [0.2, 0.25) is 5.95 Å². The molecular weight excluding hydrogens is 508 g/mol. The number of aromatic nitrogens is 3. The van der Waals surface area contributed by atoms with Gasteiger partial charge in [0.25, 0.3) is 0 Å². The fourth-order valence-electron chi connectivity index (χ4n) is 5.52.